The predicted molar refractivity (Wildman–Crippen MR) is 309 cm³/mol. The standard InChI is InChI=1S/C73H53N/c1-71(2)62-30-15-13-26-54(62)57-39-36-50(44-67(57)71)74(51-37-40-58-56-38-34-48(46-20-7-5-8-21-46)43-66(56)72(3,4)68(58)45-51)69-33-18-17-32-65(69)73-63-31-16-14-27-55(63)59-28-19-29-60(70(59)73)61-42-49(35-41-64(61)73)53-25-12-11-24-52(53)47-22-9-6-10-23-47/h5-45H,1-4H3. The first-order chi connectivity index (χ1) is 36.2. The van der Waals surface area contributed by atoms with Crippen LogP contribution in [0.5, 0.6) is 0 Å². The van der Waals surface area contributed by atoms with Gasteiger partial charge < -0.3 is 4.90 Å². The van der Waals surface area contributed by atoms with Gasteiger partial charge in [0.2, 0.25) is 0 Å². The second kappa shape index (κ2) is 15.6. The lowest BCUT2D eigenvalue weighted by molar-refractivity contribution is 0.660. The van der Waals surface area contributed by atoms with E-state index in [1.807, 2.05) is 0 Å². The van der Waals surface area contributed by atoms with Crippen LogP contribution in [-0.2, 0) is 16.2 Å². The van der Waals surface area contributed by atoms with Crippen LogP contribution in [0.1, 0.15) is 72.2 Å². The van der Waals surface area contributed by atoms with E-state index in [4.69, 9.17) is 0 Å². The molecular formula is C73H53N. The molecular weight excluding hydrogens is 891 g/mol. The second-order valence-electron chi connectivity index (χ2n) is 21.9. The molecule has 0 amide bonds. The molecule has 0 saturated carbocycles. The van der Waals surface area contributed by atoms with Gasteiger partial charge in [0, 0.05) is 22.2 Å². The van der Waals surface area contributed by atoms with Gasteiger partial charge in [-0.15, -0.1) is 0 Å². The smallest absolute Gasteiger partial charge is 0.0745 e. The highest BCUT2D eigenvalue weighted by molar-refractivity contribution is 6.02. The molecule has 1 heteroatoms. The van der Waals surface area contributed by atoms with Crippen LogP contribution >= 0.6 is 0 Å². The average molecular weight is 944 g/mol. The summed E-state index contributed by atoms with van der Waals surface area (Å²) >= 11 is 0. The number of hydrogen-bond acceptors (Lipinski definition) is 1. The molecule has 11 aromatic rings. The zero-order chi connectivity index (χ0) is 49.5. The van der Waals surface area contributed by atoms with Crippen molar-refractivity contribution in [2.45, 2.75) is 43.9 Å². The Labute approximate surface area is 434 Å². The number of nitrogens with zero attached hydrogens (tertiary/aromatic N) is 1. The molecule has 15 rings (SSSR count). The van der Waals surface area contributed by atoms with Crippen LogP contribution in [0.3, 0.4) is 0 Å². The molecule has 350 valence electrons. The fraction of sp³-hybridized carbons (Fsp3) is 0.0959. The Bertz CT molecular complexity index is 4140. The molecule has 0 aliphatic heterocycles. The highest BCUT2D eigenvalue weighted by Gasteiger charge is 2.54. The minimum absolute atomic E-state index is 0.177. The molecule has 0 radical (unpaired) electrons. The summed E-state index contributed by atoms with van der Waals surface area (Å²) in [5.74, 6) is 0. The third-order valence-electron chi connectivity index (χ3n) is 17.5. The van der Waals surface area contributed by atoms with E-state index in [1.165, 1.54) is 128 Å². The Balaban J connectivity index is 0.971. The Kier molecular flexibility index (Phi) is 9.04. The lowest BCUT2D eigenvalue weighted by atomic mass is 9.69. The Morgan fingerprint density at radius 3 is 1.34 bits per heavy atom. The second-order valence-corrected chi connectivity index (χ2v) is 21.9. The van der Waals surface area contributed by atoms with Crippen molar-refractivity contribution in [3.8, 4) is 77.9 Å². The summed E-state index contributed by atoms with van der Waals surface area (Å²) in [6.45, 7) is 9.62. The molecule has 4 aliphatic carbocycles. The zero-order valence-electron chi connectivity index (χ0n) is 42.1. The predicted octanol–water partition coefficient (Wildman–Crippen LogP) is 19.1. The molecule has 0 bridgehead atoms. The van der Waals surface area contributed by atoms with E-state index >= 15 is 0 Å². The largest absolute Gasteiger partial charge is 0.310 e. The Morgan fingerprint density at radius 2 is 0.676 bits per heavy atom. The normalized spacial score (nSPS) is 16.1. The van der Waals surface area contributed by atoms with Crippen molar-refractivity contribution >= 4 is 17.1 Å². The molecule has 0 fully saturated rings. The zero-order valence-corrected chi connectivity index (χ0v) is 42.1. The lowest BCUT2D eigenvalue weighted by Gasteiger charge is -2.37. The van der Waals surface area contributed by atoms with Gasteiger partial charge in [-0.3, -0.25) is 0 Å². The molecule has 0 N–H and O–H groups in total. The minimum Gasteiger partial charge on any atom is -0.310 e. The number of rotatable bonds is 7. The number of hydrogen-bond donors (Lipinski definition) is 0. The first-order valence-electron chi connectivity index (χ1n) is 26.2. The van der Waals surface area contributed by atoms with Crippen molar-refractivity contribution in [2.75, 3.05) is 4.90 Å². The molecule has 0 heterocycles. The number of benzene rings is 11. The van der Waals surface area contributed by atoms with Crippen LogP contribution in [0.25, 0.3) is 77.9 Å². The van der Waals surface area contributed by atoms with Gasteiger partial charge >= 0.3 is 0 Å². The van der Waals surface area contributed by atoms with Crippen LogP contribution in [-0.4, -0.2) is 0 Å². The van der Waals surface area contributed by atoms with E-state index in [0.717, 1.165) is 11.4 Å². The fourth-order valence-electron chi connectivity index (χ4n) is 14.1. The maximum absolute atomic E-state index is 2.60. The van der Waals surface area contributed by atoms with Crippen LogP contribution in [0.4, 0.5) is 17.1 Å². The maximum atomic E-state index is 2.60. The highest BCUT2D eigenvalue weighted by Crippen LogP contribution is 2.66. The summed E-state index contributed by atoms with van der Waals surface area (Å²) in [6.07, 6.45) is 0. The van der Waals surface area contributed by atoms with Crippen molar-refractivity contribution in [1.29, 1.82) is 0 Å². The van der Waals surface area contributed by atoms with E-state index in [0.29, 0.717) is 0 Å². The number of anilines is 3. The third-order valence-corrected chi connectivity index (χ3v) is 17.5. The maximum Gasteiger partial charge on any atom is 0.0745 e. The fourth-order valence-corrected chi connectivity index (χ4v) is 14.1. The molecule has 1 atom stereocenters. The van der Waals surface area contributed by atoms with Gasteiger partial charge in [0.25, 0.3) is 0 Å². The summed E-state index contributed by atoms with van der Waals surface area (Å²) < 4.78 is 0. The van der Waals surface area contributed by atoms with Gasteiger partial charge in [-0.25, -0.2) is 0 Å². The molecule has 74 heavy (non-hydrogen) atoms. The van der Waals surface area contributed by atoms with E-state index in [1.54, 1.807) is 0 Å². The van der Waals surface area contributed by atoms with Crippen molar-refractivity contribution in [3.63, 3.8) is 0 Å². The van der Waals surface area contributed by atoms with Gasteiger partial charge in [0.15, 0.2) is 0 Å². The summed E-state index contributed by atoms with van der Waals surface area (Å²) in [4.78, 5) is 2.60. The average Bonchev–Trinajstić information content (AvgIpc) is 4.09. The van der Waals surface area contributed by atoms with Gasteiger partial charge in [0.1, 0.15) is 0 Å². The summed E-state index contributed by atoms with van der Waals surface area (Å²) in [5.41, 5.74) is 31.1. The third kappa shape index (κ3) is 5.81. The topological polar surface area (TPSA) is 3.24 Å². The summed E-state index contributed by atoms with van der Waals surface area (Å²) in [7, 11) is 0. The minimum atomic E-state index is -0.601. The molecule has 1 unspecified atom stereocenters. The van der Waals surface area contributed by atoms with E-state index in [2.05, 4.69) is 281 Å². The van der Waals surface area contributed by atoms with Crippen molar-refractivity contribution in [3.05, 3.63) is 293 Å². The van der Waals surface area contributed by atoms with Crippen LogP contribution in [0, 0.1) is 0 Å². The van der Waals surface area contributed by atoms with Gasteiger partial charge in [-0.1, -0.05) is 234 Å². The molecule has 11 aromatic carbocycles. The van der Waals surface area contributed by atoms with Crippen LogP contribution in [0.2, 0.25) is 0 Å². The molecule has 0 aromatic heterocycles. The Morgan fingerprint density at radius 1 is 0.243 bits per heavy atom. The van der Waals surface area contributed by atoms with Crippen LogP contribution < -0.4 is 4.90 Å². The number of fused-ring (bicyclic) bond motifs is 12. The molecule has 1 nitrogen and oxygen atoms in total. The molecule has 4 aliphatic rings. The molecule has 0 saturated heterocycles. The van der Waals surface area contributed by atoms with Gasteiger partial charge in [0.05, 0.1) is 11.1 Å². The van der Waals surface area contributed by atoms with Crippen molar-refractivity contribution in [2.24, 2.45) is 0 Å². The van der Waals surface area contributed by atoms with Crippen LogP contribution in [0.15, 0.2) is 249 Å². The van der Waals surface area contributed by atoms with E-state index in [-0.39, 0.29) is 10.8 Å². The van der Waals surface area contributed by atoms with E-state index in [9.17, 15) is 0 Å². The first kappa shape index (κ1) is 42.9. The van der Waals surface area contributed by atoms with E-state index < -0.39 is 5.41 Å². The first-order valence-corrected chi connectivity index (χ1v) is 26.2. The van der Waals surface area contributed by atoms with Crippen molar-refractivity contribution < 1.29 is 0 Å². The highest BCUT2D eigenvalue weighted by atomic mass is 15.1. The molecule has 0 spiro atoms. The van der Waals surface area contributed by atoms with Gasteiger partial charge in [-0.05, 0) is 165 Å². The summed E-state index contributed by atoms with van der Waals surface area (Å²) in [5, 5.41) is 0. The van der Waals surface area contributed by atoms with Crippen molar-refractivity contribution in [1.82, 2.24) is 0 Å². The van der Waals surface area contributed by atoms with Gasteiger partial charge in [-0.2, -0.15) is 0 Å². The Hall–Kier alpha value is -8.78. The SMILES string of the molecule is CC1(C)c2ccccc2-c2ccc(N(c3ccc4c(c3)C(C)(C)c3cc(-c5ccccc5)ccc3-4)c3ccccc3C34c5ccccc5-c5cccc(c53)-c3cc(-c5ccccc5-c5ccccc5)ccc34)cc21. The quantitative estimate of drug-likeness (QED) is 0.154. The monoisotopic (exact) mass is 943 g/mol. The summed E-state index contributed by atoms with van der Waals surface area (Å²) in [6, 6.07) is 94.1. The lowest BCUT2D eigenvalue weighted by Crippen LogP contribution is -2.29. The number of para-hydroxylation sites is 1.